The van der Waals surface area contributed by atoms with Crippen molar-refractivity contribution in [1.29, 1.82) is 0 Å². The fraction of sp³-hybridized carbons (Fsp3) is 0.185. The summed E-state index contributed by atoms with van der Waals surface area (Å²) in [6.07, 6.45) is 0.878. The lowest BCUT2D eigenvalue weighted by atomic mass is 10.0. The zero-order chi connectivity index (χ0) is 23.5. The highest BCUT2D eigenvalue weighted by Crippen LogP contribution is 2.37. The van der Waals surface area contributed by atoms with Gasteiger partial charge in [-0.25, -0.2) is 4.90 Å². The van der Waals surface area contributed by atoms with Gasteiger partial charge in [0.25, 0.3) is 11.8 Å². The van der Waals surface area contributed by atoms with Gasteiger partial charge >= 0.3 is 0 Å². The first-order valence-corrected chi connectivity index (χ1v) is 10.8. The fourth-order valence-electron chi connectivity index (χ4n) is 3.85. The lowest BCUT2D eigenvalue weighted by molar-refractivity contribution is -0.120. The minimum absolute atomic E-state index is 0.224. The Bertz CT molecular complexity index is 1210. The summed E-state index contributed by atoms with van der Waals surface area (Å²) in [5, 5.41) is 3.20. The molecule has 1 heterocycles. The summed E-state index contributed by atoms with van der Waals surface area (Å²) >= 11 is 0. The second-order valence-electron chi connectivity index (χ2n) is 7.98. The normalized spacial score (nSPS) is 13.5. The highest BCUT2D eigenvalue weighted by molar-refractivity contribution is 6.46. The second-order valence-corrected chi connectivity index (χ2v) is 7.98. The van der Waals surface area contributed by atoms with Crippen molar-refractivity contribution in [3.63, 3.8) is 0 Å². The molecule has 0 fully saturated rings. The van der Waals surface area contributed by atoms with E-state index in [1.165, 1.54) is 4.90 Å². The maximum atomic E-state index is 13.6. The molecular formula is C27H27N3O3. The summed E-state index contributed by atoms with van der Waals surface area (Å²) in [5.74, 6) is -0.262. The number of methoxy groups -OCH3 is 1. The first-order chi connectivity index (χ1) is 15.9. The third-order valence-corrected chi connectivity index (χ3v) is 5.72. The van der Waals surface area contributed by atoms with E-state index in [-0.39, 0.29) is 17.2 Å². The molecule has 3 aromatic carbocycles. The van der Waals surface area contributed by atoms with Crippen LogP contribution in [0.25, 0.3) is 5.57 Å². The van der Waals surface area contributed by atoms with E-state index in [2.05, 4.69) is 12.2 Å². The predicted molar refractivity (Wildman–Crippen MR) is 133 cm³/mol. The minimum atomic E-state index is -0.401. The van der Waals surface area contributed by atoms with Crippen LogP contribution >= 0.6 is 0 Å². The topological polar surface area (TPSA) is 61.9 Å². The summed E-state index contributed by atoms with van der Waals surface area (Å²) in [4.78, 5) is 30.4. The van der Waals surface area contributed by atoms with Gasteiger partial charge in [-0.3, -0.25) is 9.59 Å². The van der Waals surface area contributed by atoms with Gasteiger partial charge in [0.05, 0.1) is 18.4 Å². The largest absolute Gasteiger partial charge is 0.496 e. The van der Waals surface area contributed by atoms with Crippen molar-refractivity contribution in [3.05, 3.63) is 89.6 Å². The predicted octanol–water partition coefficient (Wildman–Crippen LogP) is 4.72. The Labute approximate surface area is 194 Å². The molecule has 6 heteroatoms. The Morgan fingerprint density at radius 3 is 2.15 bits per heavy atom. The Hall–Kier alpha value is -4.06. The standard InChI is InChI=1S/C27H27N3O3/c1-5-18-10-14-21(15-11-18)30-26(31)24(22-8-6-7-9-23(22)33-4)25(27(30)32)28-19-12-16-20(17-13-19)29(2)3/h6-17,28H,5H2,1-4H3. The molecule has 6 nitrogen and oxygen atoms in total. The first-order valence-electron chi connectivity index (χ1n) is 10.8. The average molecular weight is 442 g/mol. The number of carbonyl (C=O) groups excluding carboxylic acids is 2. The maximum absolute atomic E-state index is 13.6. The smallest absolute Gasteiger partial charge is 0.282 e. The van der Waals surface area contributed by atoms with Gasteiger partial charge in [0, 0.05) is 31.0 Å². The molecule has 0 spiro atoms. The molecule has 1 aliphatic rings. The highest BCUT2D eigenvalue weighted by Gasteiger charge is 2.41. The van der Waals surface area contributed by atoms with E-state index in [0.29, 0.717) is 22.7 Å². The van der Waals surface area contributed by atoms with Crippen molar-refractivity contribution in [2.75, 3.05) is 36.3 Å². The molecule has 2 amide bonds. The molecule has 0 saturated carbocycles. The molecule has 4 rings (SSSR count). The van der Waals surface area contributed by atoms with Gasteiger partial charge in [-0.2, -0.15) is 0 Å². The van der Waals surface area contributed by atoms with Crippen molar-refractivity contribution in [2.45, 2.75) is 13.3 Å². The third kappa shape index (κ3) is 4.20. The van der Waals surface area contributed by atoms with Crippen LogP contribution < -0.4 is 19.9 Å². The van der Waals surface area contributed by atoms with Crippen LogP contribution in [-0.2, 0) is 16.0 Å². The Morgan fingerprint density at radius 1 is 0.879 bits per heavy atom. The highest BCUT2D eigenvalue weighted by atomic mass is 16.5. The summed E-state index contributed by atoms with van der Waals surface area (Å²) in [7, 11) is 5.48. The number of carbonyl (C=O) groups is 2. The number of anilines is 3. The summed E-state index contributed by atoms with van der Waals surface area (Å²) < 4.78 is 5.50. The van der Waals surface area contributed by atoms with Crippen LogP contribution in [-0.4, -0.2) is 33.0 Å². The van der Waals surface area contributed by atoms with Crippen LogP contribution in [0.5, 0.6) is 5.75 Å². The number of ether oxygens (including phenoxy) is 1. The van der Waals surface area contributed by atoms with Gasteiger partial charge in [-0.1, -0.05) is 37.3 Å². The fourth-order valence-corrected chi connectivity index (χ4v) is 3.85. The molecule has 0 unspecified atom stereocenters. The van der Waals surface area contributed by atoms with Crippen LogP contribution in [0, 0.1) is 0 Å². The van der Waals surface area contributed by atoms with Crippen molar-refractivity contribution < 1.29 is 14.3 Å². The van der Waals surface area contributed by atoms with Crippen LogP contribution in [0.1, 0.15) is 18.1 Å². The van der Waals surface area contributed by atoms with Crippen molar-refractivity contribution >= 4 is 34.4 Å². The summed E-state index contributed by atoms with van der Waals surface area (Å²) in [6, 6.07) is 22.4. The second kappa shape index (κ2) is 9.20. The Balaban J connectivity index is 1.80. The van der Waals surface area contributed by atoms with Crippen molar-refractivity contribution in [2.24, 2.45) is 0 Å². The van der Waals surface area contributed by atoms with Crippen LogP contribution in [0.2, 0.25) is 0 Å². The maximum Gasteiger partial charge on any atom is 0.282 e. The number of nitrogens with one attached hydrogen (secondary N) is 1. The number of para-hydroxylation sites is 1. The molecule has 0 atom stereocenters. The molecule has 0 radical (unpaired) electrons. The lowest BCUT2D eigenvalue weighted by Crippen LogP contribution is -2.32. The SMILES string of the molecule is CCc1ccc(N2C(=O)C(Nc3ccc(N(C)C)cc3)=C(c3ccccc3OC)C2=O)cc1. The van der Waals surface area contributed by atoms with Crippen LogP contribution in [0.3, 0.4) is 0 Å². The summed E-state index contributed by atoms with van der Waals surface area (Å²) in [6.45, 7) is 2.06. The average Bonchev–Trinajstić information content (AvgIpc) is 3.08. The number of imide groups is 1. The molecule has 1 aliphatic heterocycles. The number of hydrogen-bond donors (Lipinski definition) is 1. The van der Waals surface area contributed by atoms with Gasteiger partial charge < -0.3 is 15.0 Å². The van der Waals surface area contributed by atoms with Crippen molar-refractivity contribution in [3.8, 4) is 5.75 Å². The van der Waals surface area contributed by atoms with E-state index in [9.17, 15) is 9.59 Å². The number of amides is 2. The number of hydrogen-bond acceptors (Lipinski definition) is 5. The van der Waals surface area contributed by atoms with Gasteiger partial charge in [0.2, 0.25) is 0 Å². The van der Waals surface area contributed by atoms with E-state index in [1.54, 1.807) is 19.2 Å². The van der Waals surface area contributed by atoms with Gasteiger partial charge in [0.1, 0.15) is 11.4 Å². The number of rotatable bonds is 7. The quantitative estimate of drug-likeness (QED) is 0.538. The van der Waals surface area contributed by atoms with E-state index in [4.69, 9.17) is 4.74 Å². The monoisotopic (exact) mass is 441 g/mol. The molecule has 33 heavy (non-hydrogen) atoms. The zero-order valence-corrected chi connectivity index (χ0v) is 19.3. The van der Waals surface area contributed by atoms with Crippen LogP contribution in [0.15, 0.2) is 78.5 Å². The van der Waals surface area contributed by atoms with E-state index < -0.39 is 5.91 Å². The molecule has 3 aromatic rings. The molecular weight excluding hydrogens is 414 g/mol. The zero-order valence-electron chi connectivity index (χ0n) is 19.3. The molecule has 0 aromatic heterocycles. The molecule has 0 bridgehead atoms. The number of aryl methyl sites for hydroxylation is 1. The molecule has 1 N–H and O–H groups in total. The summed E-state index contributed by atoms with van der Waals surface area (Å²) in [5.41, 5.74) is 4.50. The van der Waals surface area contributed by atoms with Gasteiger partial charge in [-0.05, 0) is 54.4 Å². The Kier molecular flexibility index (Phi) is 6.18. The van der Waals surface area contributed by atoms with Crippen molar-refractivity contribution in [1.82, 2.24) is 0 Å². The van der Waals surface area contributed by atoms with Crippen LogP contribution in [0.4, 0.5) is 17.1 Å². The van der Waals surface area contributed by atoms with E-state index in [1.807, 2.05) is 79.7 Å². The lowest BCUT2D eigenvalue weighted by Gasteiger charge is -2.16. The first kappa shape index (κ1) is 22.1. The molecule has 0 saturated heterocycles. The Morgan fingerprint density at radius 2 is 1.55 bits per heavy atom. The number of benzene rings is 3. The third-order valence-electron chi connectivity index (χ3n) is 5.72. The van der Waals surface area contributed by atoms with E-state index in [0.717, 1.165) is 17.7 Å². The minimum Gasteiger partial charge on any atom is -0.496 e. The van der Waals surface area contributed by atoms with Gasteiger partial charge in [0.15, 0.2) is 0 Å². The van der Waals surface area contributed by atoms with Gasteiger partial charge in [-0.15, -0.1) is 0 Å². The number of nitrogens with zero attached hydrogens (tertiary/aromatic N) is 2. The molecule has 0 aliphatic carbocycles. The van der Waals surface area contributed by atoms with E-state index >= 15 is 0 Å². The molecule has 168 valence electrons.